The summed E-state index contributed by atoms with van der Waals surface area (Å²) in [5, 5.41) is 7.50. The molecule has 0 spiro atoms. The number of anilines is 3. The van der Waals surface area contributed by atoms with Gasteiger partial charge in [0.25, 0.3) is 0 Å². The Balaban J connectivity index is 1.05. The first-order chi connectivity index (χ1) is 28.8. The van der Waals surface area contributed by atoms with Crippen LogP contribution in [0.25, 0.3) is 82.4 Å². The fourth-order valence-electron chi connectivity index (χ4n) is 8.82. The Hall–Kier alpha value is -7.68. The van der Waals surface area contributed by atoms with Crippen LogP contribution in [0.2, 0.25) is 0 Å². The summed E-state index contributed by atoms with van der Waals surface area (Å²) in [6, 6.07) is 83.7. The molecule has 11 rings (SSSR count). The summed E-state index contributed by atoms with van der Waals surface area (Å²) < 4.78 is 2.39. The van der Waals surface area contributed by atoms with Crippen molar-refractivity contribution < 1.29 is 0 Å². The zero-order chi connectivity index (χ0) is 38.4. The standard InChI is InChI=1S/C56H38N2/c1-2-14-41(15-3-1)50-23-10-17-43-18-11-24-51(56(43)50)42-31-35-47(36-32-42)57(46-33-29-40(30-34-46)45-28-27-39-13-4-5-16-44(39)37-45)48-19-12-20-49(38-48)58-54-25-8-6-21-52(54)53-22-7-9-26-55(53)58/h1-38H. The smallest absolute Gasteiger partial charge is 0.0541 e. The largest absolute Gasteiger partial charge is 0.310 e. The number of benzene rings is 10. The first-order valence-corrected chi connectivity index (χ1v) is 19.9. The number of rotatable bonds is 7. The van der Waals surface area contributed by atoms with E-state index in [-0.39, 0.29) is 0 Å². The van der Waals surface area contributed by atoms with Crippen molar-refractivity contribution in [3.8, 4) is 39.1 Å². The van der Waals surface area contributed by atoms with E-state index in [0.29, 0.717) is 0 Å². The second-order valence-corrected chi connectivity index (χ2v) is 15.0. The van der Waals surface area contributed by atoms with Gasteiger partial charge >= 0.3 is 0 Å². The first kappa shape index (κ1) is 33.6. The average molecular weight is 739 g/mol. The molecule has 2 heteroatoms. The van der Waals surface area contributed by atoms with Crippen LogP contribution >= 0.6 is 0 Å². The second-order valence-electron chi connectivity index (χ2n) is 15.0. The van der Waals surface area contributed by atoms with Crippen LogP contribution in [-0.2, 0) is 0 Å². The lowest BCUT2D eigenvalue weighted by Gasteiger charge is -2.27. The molecule has 2 nitrogen and oxygen atoms in total. The molecule has 10 aromatic carbocycles. The molecule has 1 heterocycles. The van der Waals surface area contributed by atoms with E-state index in [9.17, 15) is 0 Å². The Bertz CT molecular complexity index is 3210. The average Bonchev–Trinajstić information content (AvgIpc) is 3.64. The van der Waals surface area contributed by atoms with Crippen molar-refractivity contribution in [2.24, 2.45) is 0 Å². The number of aromatic nitrogens is 1. The maximum absolute atomic E-state index is 2.39. The molecule has 58 heavy (non-hydrogen) atoms. The third-order valence-electron chi connectivity index (χ3n) is 11.6. The molecular formula is C56H38N2. The molecule has 0 aliphatic heterocycles. The number of hydrogen-bond acceptors (Lipinski definition) is 1. The van der Waals surface area contributed by atoms with Crippen LogP contribution in [0.5, 0.6) is 0 Å². The van der Waals surface area contributed by atoms with Crippen molar-refractivity contribution in [2.75, 3.05) is 4.90 Å². The molecule has 272 valence electrons. The Morgan fingerprint density at radius 3 is 1.48 bits per heavy atom. The van der Waals surface area contributed by atoms with Crippen LogP contribution in [0, 0.1) is 0 Å². The molecule has 0 fully saturated rings. The van der Waals surface area contributed by atoms with Gasteiger partial charge in [-0.25, -0.2) is 0 Å². The molecule has 0 saturated carbocycles. The first-order valence-electron chi connectivity index (χ1n) is 19.9. The predicted octanol–water partition coefficient (Wildman–Crippen LogP) is 15.6. The lowest BCUT2D eigenvalue weighted by atomic mass is 9.91. The zero-order valence-corrected chi connectivity index (χ0v) is 31.8. The number of fused-ring (bicyclic) bond motifs is 5. The normalized spacial score (nSPS) is 11.4. The minimum atomic E-state index is 1.09. The van der Waals surface area contributed by atoms with Crippen LogP contribution in [0.4, 0.5) is 17.1 Å². The van der Waals surface area contributed by atoms with Gasteiger partial charge in [0.15, 0.2) is 0 Å². The Morgan fingerprint density at radius 2 is 0.810 bits per heavy atom. The van der Waals surface area contributed by atoms with Crippen molar-refractivity contribution in [3.63, 3.8) is 0 Å². The lowest BCUT2D eigenvalue weighted by molar-refractivity contribution is 1.17. The third kappa shape index (κ3) is 5.82. The fourth-order valence-corrected chi connectivity index (χ4v) is 8.82. The Morgan fingerprint density at radius 1 is 0.293 bits per heavy atom. The quantitative estimate of drug-likeness (QED) is 0.158. The van der Waals surface area contributed by atoms with Crippen LogP contribution in [0.15, 0.2) is 231 Å². The van der Waals surface area contributed by atoms with E-state index in [1.165, 1.54) is 76.7 Å². The van der Waals surface area contributed by atoms with E-state index in [2.05, 4.69) is 240 Å². The van der Waals surface area contributed by atoms with Crippen molar-refractivity contribution in [2.45, 2.75) is 0 Å². The van der Waals surface area contributed by atoms with Crippen LogP contribution in [-0.4, -0.2) is 4.57 Å². The van der Waals surface area contributed by atoms with E-state index < -0.39 is 0 Å². The molecular weight excluding hydrogens is 701 g/mol. The van der Waals surface area contributed by atoms with Gasteiger partial charge in [-0.05, 0) is 116 Å². The van der Waals surface area contributed by atoms with Gasteiger partial charge in [-0.2, -0.15) is 0 Å². The third-order valence-corrected chi connectivity index (χ3v) is 11.6. The second kappa shape index (κ2) is 14.1. The highest BCUT2D eigenvalue weighted by atomic mass is 15.1. The van der Waals surface area contributed by atoms with Crippen molar-refractivity contribution >= 4 is 60.4 Å². The van der Waals surface area contributed by atoms with Gasteiger partial charge in [0.05, 0.1) is 11.0 Å². The SMILES string of the molecule is c1ccc(-c2cccc3cccc(-c4ccc(N(c5ccc(-c6ccc7ccccc7c6)cc5)c5cccc(-n6c7ccccc7c7ccccc76)c5)cc4)c23)cc1. The lowest BCUT2D eigenvalue weighted by Crippen LogP contribution is -2.10. The molecule has 0 radical (unpaired) electrons. The van der Waals surface area contributed by atoms with Gasteiger partial charge < -0.3 is 9.47 Å². The maximum atomic E-state index is 2.39. The summed E-state index contributed by atoms with van der Waals surface area (Å²) in [5.41, 5.74) is 14.0. The molecule has 11 aromatic rings. The molecule has 0 atom stereocenters. The molecule has 0 unspecified atom stereocenters. The van der Waals surface area contributed by atoms with E-state index in [1.54, 1.807) is 0 Å². The van der Waals surface area contributed by atoms with Gasteiger partial charge in [-0.3, -0.25) is 0 Å². The summed E-state index contributed by atoms with van der Waals surface area (Å²) in [6.45, 7) is 0. The highest BCUT2D eigenvalue weighted by Gasteiger charge is 2.18. The minimum absolute atomic E-state index is 1.09. The summed E-state index contributed by atoms with van der Waals surface area (Å²) in [7, 11) is 0. The van der Waals surface area contributed by atoms with Crippen LogP contribution in [0.3, 0.4) is 0 Å². The van der Waals surface area contributed by atoms with Crippen molar-refractivity contribution in [1.29, 1.82) is 0 Å². The van der Waals surface area contributed by atoms with Gasteiger partial charge in [0.1, 0.15) is 0 Å². The van der Waals surface area contributed by atoms with Crippen molar-refractivity contribution in [1.82, 2.24) is 4.57 Å². The molecule has 0 N–H and O–H groups in total. The van der Waals surface area contributed by atoms with E-state index in [0.717, 1.165) is 22.7 Å². The van der Waals surface area contributed by atoms with Crippen LogP contribution in [0.1, 0.15) is 0 Å². The van der Waals surface area contributed by atoms with E-state index >= 15 is 0 Å². The van der Waals surface area contributed by atoms with E-state index in [1.807, 2.05) is 0 Å². The molecule has 1 aromatic heterocycles. The summed E-state index contributed by atoms with van der Waals surface area (Å²) in [4.78, 5) is 2.38. The minimum Gasteiger partial charge on any atom is -0.310 e. The van der Waals surface area contributed by atoms with Gasteiger partial charge in [0.2, 0.25) is 0 Å². The molecule has 0 aliphatic rings. The van der Waals surface area contributed by atoms with Crippen molar-refractivity contribution in [3.05, 3.63) is 231 Å². The topological polar surface area (TPSA) is 8.17 Å². The number of para-hydroxylation sites is 2. The monoisotopic (exact) mass is 738 g/mol. The molecule has 0 bridgehead atoms. The zero-order valence-electron chi connectivity index (χ0n) is 31.8. The van der Waals surface area contributed by atoms with Gasteiger partial charge in [0, 0.05) is 33.5 Å². The fraction of sp³-hybridized carbons (Fsp3) is 0. The molecule has 0 saturated heterocycles. The molecule has 0 aliphatic carbocycles. The summed E-state index contributed by atoms with van der Waals surface area (Å²) in [6.07, 6.45) is 0. The van der Waals surface area contributed by atoms with Gasteiger partial charge in [-0.1, -0.05) is 170 Å². The Kier molecular flexibility index (Phi) is 8.19. The number of hydrogen-bond donors (Lipinski definition) is 0. The summed E-state index contributed by atoms with van der Waals surface area (Å²) >= 11 is 0. The highest BCUT2D eigenvalue weighted by Crippen LogP contribution is 2.41. The number of nitrogens with zero attached hydrogens (tertiary/aromatic N) is 2. The predicted molar refractivity (Wildman–Crippen MR) is 247 cm³/mol. The maximum Gasteiger partial charge on any atom is 0.0541 e. The Labute approximate surface area is 338 Å². The van der Waals surface area contributed by atoms with Crippen LogP contribution < -0.4 is 4.90 Å². The van der Waals surface area contributed by atoms with E-state index in [4.69, 9.17) is 0 Å². The molecule has 0 amide bonds. The summed E-state index contributed by atoms with van der Waals surface area (Å²) in [5.74, 6) is 0. The van der Waals surface area contributed by atoms with Gasteiger partial charge in [-0.15, -0.1) is 0 Å². The highest BCUT2D eigenvalue weighted by molar-refractivity contribution is 6.09.